The van der Waals surface area contributed by atoms with Crippen LogP contribution in [0.2, 0.25) is 0 Å². The van der Waals surface area contributed by atoms with E-state index in [9.17, 15) is 0 Å². The topological polar surface area (TPSA) is 63.9 Å². The van der Waals surface area contributed by atoms with Gasteiger partial charge in [-0.1, -0.05) is 0 Å². The molecule has 2 aliphatic rings. The van der Waals surface area contributed by atoms with Gasteiger partial charge in [0.25, 0.3) is 0 Å². The maximum Gasteiger partial charge on any atom is 0.193 e. The molecule has 1 aromatic heterocycles. The van der Waals surface area contributed by atoms with Crippen molar-refractivity contribution in [2.75, 3.05) is 39.9 Å². The number of hydrogen-bond donors (Lipinski definition) is 1. The van der Waals surface area contributed by atoms with Gasteiger partial charge in [0.15, 0.2) is 5.96 Å². The fourth-order valence-corrected chi connectivity index (χ4v) is 3.41. The van der Waals surface area contributed by atoms with Crippen LogP contribution in [-0.2, 0) is 22.9 Å². The van der Waals surface area contributed by atoms with Crippen molar-refractivity contribution in [3.8, 4) is 0 Å². The summed E-state index contributed by atoms with van der Waals surface area (Å²) in [5.74, 6) is 0.965. The summed E-state index contributed by atoms with van der Waals surface area (Å²) in [6, 6.07) is 0. The standard InChI is InChI=1S/C17H29N5O2.HI/c1-18-17(19-7-3-5-14-11-20-21(2)12-14)22-8-10-24-16(13-22)15-6-4-9-23-15;/h11-12,15-16H,3-10,13H2,1-2H3,(H,18,19);1H. The number of rotatable bonds is 5. The van der Waals surface area contributed by atoms with E-state index in [-0.39, 0.29) is 36.2 Å². The molecule has 3 heterocycles. The van der Waals surface area contributed by atoms with E-state index in [2.05, 4.69) is 26.5 Å². The third-order valence-corrected chi connectivity index (χ3v) is 4.67. The van der Waals surface area contributed by atoms with Gasteiger partial charge in [-0.25, -0.2) is 0 Å². The molecule has 25 heavy (non-hydrogen) atoms. The minimum Gasteiger partial charge on any atom is -0.375 e. The molecular formula is C17H30IN5O2. The Labute approximate surface area is 167 Å². The largest absolute Gasteiger partial charge is 0.375 e. The summed E-state index contributed by atoms with van der Waals surface area (Å²) in [5.41, 5.74) is 1.28. The molecule has 142 valence electrons. The van der Waals surface area contributed by atoms with Crippen molar-refractivity contribution in [2.24, 2.45) is 12.0 Å². The molecular weight excluding hydrogens is 433 g/mol. The van der Waals surface area contributed by atoms with Crippen LogP contribution in [0.4, 0.5) is 0 Å². The number of hydrogen-bond acceptors (Lipinski definition) is 4. The third kappa shape index (κ3) is 5.82. The van der Waals surface area contributed by atoms with Crippen LogP contribution in [0.25, 0.3) is 0 Å². The van der Waals surface area contributed by atoms with Crippen LogP contribution in [0, 0.1) is 0 Å². The average Bonchev–Trinajstić information content (AvgIpc) is 3.27. The monoisotopic (exact) mass is 463 g/mol. The molecule has 3 rings (SSSR count). The van der Waals surface area contributed by atoms with Crippen LogP contribution in [0.5, 0.6) is 0 Å². The van der Waals surface area contributed by atoms with E-state index in [1.165, 1.54) is 5.56 Å². The first-order valence-electron chi connectivity index (χ1n) is 8.92. The summed E-state index contributed by atoms with van der Waals surface area (Å²) in [5, 5.41) is 7.68. The first kappa shape index (κ1) is 20.4. The number of morpholine rings is 1. The van der Waals surface area contributed by atoms with Crippen LogP contribution >= 0.6 is 24.0 Å². The highest BCUT2D eigenvalue weighted by Gasteiger charge is 2.32. The van der Waals surface area contributed by atoms with Crippen LogP contribution < -0.4 is 5.32 Å². The first-order chi connectivity index (χ1) is 11.8. The zero-order valence-corrected chi connectivity index (χ0v) is 17.5. The Bertz CT molecular complexity index is 545. The van der Waals surface area contributed by atoms with Gasteiger partial charge in [-0.2, -0.15) is 5.10 Å². The summed E-state index contributed by atoms with van der Waals surface area (Å²) in [7, 11) is 3.80. The number of halogens is 1. The van der Waals surface area contributed by atoms with E-state index in [0.717, 1.165) is 64.5 Å². The minimum atomic E-state index is 0. The smallest absolute Gasteiger partial charge is 0.193 e. The Morgan fingerprint density at radius 1 is 1.36 bits per heavy atom. The Morgan fingerprint density at radius 3 is 2.88 bits per heavy atom. The molecule has 0 radical (unpaired) electrons. The molecule has 1 N–H and O–H groups in total. The predicted octanol–water partition coefficient (Wildman–Crippen LogP) is 1.43. The van der Waals surface area contributed by atoms with Crippen molar-refractivity contribution in [2.45, 2.75) is 37.9 Å². The highest BCUT2D eigenvalue weighted by atomic mass is 127. The molecule has 2 saturated heterocycles. The summed E-state index contributed by atoms with van der Waals surface area (Å²) < 4.78 is 13.5. The third-order valence-electron chi connectivity index (χ3n) is 4.67. The number of nitrogens with zero attached hydrogens (tertiary/aromatic N) is 4. The lowest BCUT2D eigenvalue weighted by Gasteiger charge is -2.37. The molecule has 2 aliphatic heterocycles. The van der Waals surface area contributed by atoms with Gasteiger partial charge in [0.2, 0.25) is 0 Å². The van der Waals surface area contributed by atoms with Crippen LogP contribution in [0.3, 0.4) is 0 Å². The summed E-state index contributed by atoms with van der Waals surface area (Å²) in [6.07, 6.45) is 8.75. The molecule has 1 aromatic rings. The molecule has 0 bridgehead atoms. The van der Waals surface area contributed by atoms with Crippen LogP contribution in [-0.4, -0.2) is 72.7 Å². The molecule has 0 amide bonds. The van der Waals surface area contributed by atoms with Crippen molar-refractivity contribution < 1.29 is 9.47 Å². The van der Waals surface area contributed by atoms with Gasteiger partial charge in [-0.05, 0) is 31.2 Å². The van der Waals surface area contributed by atoms with E-state index >= 15 is 0 Å². The lowest BCUT2D eigenvalue weighted by molar-refractivity contribution is -0.0816. The van der Waals surface area contributed by atoms with Gasteiger partial charge < -0.3 is 19.7 Å². The maximum atomic E-state index is 5.91. The number of nitrogens with one attached hydrogen (secondary N) is 1. The van der Waals surface area contributed by atoms with Gasteiger partial charge in [-0.15, -0.1) is 24.0 Å². The minimum absolute atomic E-state index is 0. The molecule has 2 atom stereocenters. The molecule has 8 heteroatoms. The van der Waals surface area contributed by atoms with Crippen molar-refractivity contribution in [3.63, 3.8) is 0 Å². The predicted molar refractivity (Wildman–Crippen MR) is 109 cm³/mol. The lowest BCUT2D eigenvalue weighted by atomic mass is 10.1. The highest BCUT2D eigenvalue weighted by Crippen LogP contribution is 2.21. The second-order valence-corrected chi connectivity index (χ2v) is 6.51. The van der Waals surface area contributed by atoms with Gasteiger partial charge in [0.05, 0.1) is 18.9 Å². The lowest BCUT2D eigenvalue weighted by Crippen LogP contribution is -2.53. The molecule has 7 nitrogen and oxygen atoms in total. The van der Waals surface area contributed by atoms with E-state index in [4.69, 9.17) is 9.47 Å². The van der Waals surface area contributed by atoms with Crippen LogP contribution in [0.15, 0.2) is 17.4 Å². The molecule has 0 spiro atoms. The fourth-order valence-electron chi connectivity index (χ4n) is 3.41. The van der Waals surface area contributed by atoms with Crippen molar-refractivity contribution in [3.05, 3.63) is 18.0 Å². The van der Waals surface area contributed by atoms with Gasteiger partial charge >= 0.3 is 0 Å². The molecule has 2 fully saturated rings. The van der Waals surface area contributed by atoms with Crippen molar-refractivity contribution >= 4 is 29.9 Å². The zero-order chi connectivity index (χ0) is 16.8. The Kier molecular flexibility index (Phi) is 8.44. The number of aliphatic imine (C=N–C) groups is 1. The zero-order valence-electron chi connectivity index (χ0n) is 15.2. The average molecular weight is 463 g/mol. The second-order valence-electron chi connectivity index (χ2n) is 6.51. The molecule has 2 unspecified atom stereocenters. The summed E-state index contributed by atoms with van der Waals surface area (Å²) in [6.45, 7) is 4.24. The number of ether oxygens (including phenoxy) is 2. The van der Waals surface area contributed by atoms with E-state index in [1.54, 1.807) is 0 Å². The molecule has 0 aliphatic carbocycles. The maximum absolute atomic E-state index is 5.91. The van der Waals surface area contributed by atoms with Gasteiger partial charge in [0, 0.05) is 46.5 Å². The second kappa shape index (κ2) is 10.3. The number of aryl methyl sites for hydroxylation is 2. The Morgan fingerprint density at radius 2 is 2.20 bits per heavy atom. The number of guanidine groups is 1. The van der Waals surface area contributed by atoms with Crippen molar-refractivity contribution in [1.29, 1.82) is 0 Å². The molecule has 0 aromatic carbocycles. The highest BCUT2D eigenvalue weighted by molar-refractivity contribution is 14.0. The molecule has 0 saturated carbocycles. The van der Waals surface area contributed by atoms with Gasteiger partial charge in [0.1, 0.15) is 6.10 Å². The summed E-state index contributed by atoms with van der Waals surface area (Å²) >= 11 is 0. The quantitative estimate of drug-likeness (QED) is 0.310. The number of aromatic nitrogens is 2. The van der Waals surface area contributed by atoms with E-state index < -0.39 is 0 Å². The SMILES string of the molecule is CN=C(NCCCc1cnn(C)c1)N1CCOC(C2CCCO2)C1.I. The van der Waals surface area contributed by atoms with Gasteiger partial charge in [-0.3, -0.25) is 9.67 Å². The Hall–Kier alpha value is -0.870. The normalized spacial score (nSPS) is 24.2. The van der Waals surface area contributed by atoms with Crippen molar-refractivity contribution in [1.82, 2.24) is 20.0 Å². The first-order valence-corrected chi connectivity index (χ1v) is 8.92. The van der Waals surface area contributed by atoms with Crippen LogP contribution in [0.1, 0.15) is 24.8 Å². The fraction of sp³-hybridized carbons (Fsp3) is 0.765. The van der Waals surface area contributed by atoms with E-state index in [0.29, 0.717) is 0 Å². The summed E-state index contributed by atoms with van der Waals surface area (Å²) in [4.78, 5) is 6.73. The Balaban J connectivity index is 0.00000225. The van der Waals surface area contributed by atoms with E-state index in [1.807, 2.05) is 25.0 Å².